The molecule has 0 aliphatic carbocycles. The Morgan fingerprint density at radius 1 is 1.12 bits per heavy atom. The van der Waals surface area contributed by atoms with Crippen LogP contribution >= 0.6 is 46.3 Å². The summed E-state index contributed by atoms with van der Waals surface area (Å²) in [6.07, 6.45) is 0. The molecule has 0 fully saturated rings. The summed E-state index contributed by atoms with van der Waals surface area (Å²) in [5, 5.41) is 11.3. The first kappa shape index (κ1) is 18.0. The van der Waals surface area contributed by atoms with Crippen LogP contribution in [0.5, 0.6) is 0 Å². The molecule has 0 radical (unpaired) electrons. The molecular formula is C16H12Cl2N4OS2. The number of hydrogen-bond donors (Lipinski definition) is 2. The van der Waals surface area contributed by atoms with Gasteiger partial charge in [-0.3, -0.25) is 4.79 Å². The van der Waals surface area contributed by atoms with Gasteiger partial charge in [0, 0.05) is 15.7 Å². The minimum absolute atomic E-state index is 0.219. The van der Waals surface area contributed by atoms with Gasteiger partial charge in [0.2, 0.25) is 11.0 Å². The molecule has 5 nitrogen and oxygen atoms in total. The first-order valence-electron chi connectivity index (χ1n) is 7.09. The van der Waals surface area contributed by atoms with E-state index >= 15 is 0 Å². The minimum atomic E-state index is -0.522. The van der Waals surface area contributed by atoms with E-state index in [2.05, 4.69) is 15.5 Å². The molecular weight excluding hydrogens is 399 g/mol. The smallest absolute Gasteiger partial charge is 0.242 e. The molecule has 0 aliphatic rings. The maximum Gasteiger partial charge on any atom is 0.242 e. The zero-order valence-electron chi connectivity index (χ0n) is 12.6. The summed E-state index contributed by atoms with van der Waals surface area (Å²) < 4.78 is 0.616. The summed E-state index contributed by atoms with van der Waals surface area (Å²) in [5.41, 5.74) is 7.00. The van der Waals surface area contributed by atoms with Gasteiger partial charge in [0.05, 0.1) is 0 Å². The third-order valence-electron chi connectivity index (χ3n) is 3.11. The highest BCUT2D eigenvalue weighted by atomic mass is 35.5. The molecule has 25 heavy (non-hydrogen) atoms. The molecule has 0 bridgehead atoms. The Kier molecular flexibility index (Phi) is 5.80. The number of nitrogens with one attached hydrogen (secondary N) is 1. The zero-order valence-corrected chi connectivity index (χ0v) is 15.8. The lowest BCUT2D eigenvalue weighted by molar-refractivity contribution is -0.115. The lowest BCUT2D eigenvalue weighted by Crippen LogP contribution is -2.19. The number of aromatic nitrogens is 2. The van der Waals surface area contributed by atoms with Crippen molar-refractivity contribution in [3.05, 3.63) is 64.1 Å². The summed E-state index contributed by atoms with van der Waals surface area (Å²) in [4.78, 5) is 12.9. The average molecular weight is 411 g/mol. The summed E-state index contributed by atoms with van der Waals surface area (Å²) in [5.74, 6) is -0.219. The molecule has 128 valence electrons. The van der Waals surface area contributed by atoms with Gasteiger partial charge in [0.25, 0.3) is 0 Å². The van der Waals surface area contributed by atoms with E-state index in [4.69, 9.17) is 28.9 Å². The van der Waals surface area contributed by atoms with Gasteiger partial charge in [0.15, 0.2) is 4.34 Å². The maximum absolute atomic E-state index is 12.9. The Morgan fingerprint density at radius 3 is 2.40 bits per heavy atom. The van der Waals surface area contributed by atoms with E-state index in [1.165, 1.54) is 23.1 Å². The van der Waals surface area contributed by atoms with Crippen LogP contribution in [0.15, 0.2) is 52.9 Å². The Balaban J connectivity index is 1.86. The second kappa shape index (κ2) is 8.05. The number of halogens is 2. The van der Waals surface area contributed by atoms with E-state index in [0.29, 0.717) is 25.2 Å². The van der Waals surface area contributed by atoms with Crippen LogP contribution in [0.4, 0.5) is 10.8 Å². The largest absolute Gasteiger partial charge is 0.374 e. The SMILES string of the molecule is Nc1nnc(S[C@H](C(=O)Nc2cc(Cl)cc(Cl)c2)c2ccccc2)s1. The summed E-state index contributed by atoms with van der Waals surface area (Å²) >= 11 is 14.5. The van der Waals surface area contributed by atoms with Crippen molar-refractivity contribution in [1.82, 2.24) is 10.2 Å². The standard InChI is InChI=1S/C16H12Cl2N4OS2/c17-10-6-11(18)8-12(7-10)20-14(23)13(9-4-2-1-3-5-9)24-16-22-21-15(19)25-16/h1-8,13H,(H2,19,21)(H,20,23)/t13-/m0/s1. The van der Waals surface area contributed by atoms with Gasteiger partial charge in [-0.15, -0.1) is 10.2 Å². The molecule has 0 unspecified atom stereocenters. The minimum Gasteiger partial charge on any atom is -0.374 e. The number of thioether (sulfide) groups is 1. The fourth-order valence-corrected chi connectivity index (χ4v) is 4.46. The number of rotatable bonds is 5. The third-order valence-corrected chi connectivity index (χ3v) is 5.64. The van der Waals surface area contributed by atoms with Crippen LogP contribution in [0, 0.1) is 0 Å². The fraction of sp³-hybridized carbons (Fsp3) is 0.0625. The second-order valence-corrected chi connectivity index (χ2v) is 8.20. The molecule has 9 heteroatoms. The van der Waals surface area contributed by atoms with Gasteiger partial charge < -0.3 is 11.1 Å². The topological polar surface area (TPSA) is 80.9 Å². The highest BCUT2D eigenvalue weighted by molar-refractivity contribution is 8.02. The number of nitrogen functional groups attached to an aromatic ring is 1. The third kappa shape index (κ3) is 4.85. The maximum atomic E-state index is 12.9. The Morgan fingerprint density at radius 2 is 1.80 bits per heavy atom. The van der Waals surface area contributed by atoms with E-state index in [0.717, 1.165) is 5.56 Å². The van der Waals surface area contributed by atoms with Crippen LogP contribution in [0.3, 0.4) is 0 Å². The summed E-state index contributed by atoms with van der Waals surface area (Å²) in [6.45, 7) is 0. The van der Waals surface area contributed by atoms with E-state index in [9.17, 15) is 4.79 Å². The average Bonchev–Trinajstić information content (AvgIpc) is 2.97. The molecule has 0 saturated carbocycles. The highest BCUT2D eigenvalue weighted by Gasteiger charge is 2.24. The molecule has 0 saturated heterocycles. The van der Waals surface area contributed by atoms with Gasteiger partial charge in [-0.05, 0) is 23.8 Å². The van der Waals surface area contributed by atoms with Crippen molar-refractivity contribution in [3.63, 3.8) is 0 Å². The molecule has 3 rings (SSSR count). The van der Waals surface area contributed by atoms with Crippen molar-refractivity contribution in [2.45, 2.75) is 9.59 Å². The normalized spacial score (nSPS) is 11.9. The monoisotopic (exact) mass is 410 g/mol. The lowest BCUT2D eigenvalue weighted by Gasteiger charge is -2.16. The van der Waals surface area contributed by atoms with Gasteiger partial charge in [0.1, 0.15) is 5.25 Å². The Bertz CT molecular complexity index is 869. The molecule has 2 aromatic carbocycles. The van der Waals surface area contributed by atoms with Gasteiger partial charge in [-0.25, -0.2) is 0 Å². The van der Waals surface area contributed by atoms with E-state index in [1.54, 1.807) is 18.2 Å². The number of benzene rings is 2. The number of hydrogen-bond acceptors (Lipinski definition) is 6. The number of anilines is 2. The second-order valence-electron chi connectivity index (χ2n) is 4.96. The van der Waals surface area contributed by atoms with E-state index < -0.39 is 5.25 Å². The van der Waals surface area contributed by atoms with E-state index in [1.807, 2.05) is 30.3 Å². The molecule has 1 amide bonds. The molecule has 0 aliphatic heterocycles. The molecule has 1 aromatic heterocycles. The Hall–Kier alpha value is -1.80. The number of carbonyl (C=O) groups is 1. The number of nitrogens with zero attached hydrogens (tertiary/aromatic N) is 2. The Labute approximate surface area is 162 Å². The first-order chi connectivity index (χ1) is 12.0. The molecule has 1 atom stereocenters. The zero-order chi connectivity index (χ0) is 17.8. The van der Waals surface area contributed by atoms with Crippen LogP contribution in [0.25, 0.3) is 0 Å². The predicted molar refractivity (Wildman–Crippen MR) is 104 cm³/mol. The quantitative estimate of drug-likeness (QED) is 0.584. The van der Waals surface area contributed by atoms with Crippen molar-refractivity contribution in [2.75, 3.05) is 11.1 Å². The fourth-order valence-electron chi connectivity index (χ4n) is 2.10. The summed E-state index contributed by atoms with van der Waals surface area (Å²) in [7, 11) is 0. The van der Waals surface area contributed by atoms with Gasteiger partial charge in [-0.1, -0.05) is 76.6 Å². The predicted octanol–water partition coefficient (Wildman–Crippen LogP) is 4.90. The van der Waals surface area contributed by atoms with Crippen molar-refractivity contribution in [2.24, 2.45) is 0 Å². The summed E-state index contributed by atoms with van der Waals surface area (Å²) in [6, 6.07) is 14.3. The van der Waals surface area contributed by atoms with Crippen LogP contribution in [-0.2, 0) is 4.79 Å². The first-order valence-corrected chi connectivity index (χ1v) is 9.54. The molecule has 0 spiro atoms. The lowest BCUT2D eigenvalue weighted by atomic mass is 10.1. The van der Waals surface area contributed by atoms with Crippen LogP contribution in [-0.4, -0.2) is 16.1 Å². The van der Waals surface area contributed by atoms with Crippen molar-refractivity contribution < 1.29 is 4.79 Å². The molecule has 3 aromatic rings. The van der Waals surface area contributed by atoms with E-state index in [-0.39, 0.29) is 5.91 Å². The van der Waals surface area contributed by atoms with Gasteiger partial charge in [-0.2, -0.15) is 0 Å². The van der Waals surface area contributed by atoms with Crippen LogP contribution in [0.2, 0.25) is 10.0 Å². The number of carbonyl (C=O) groups excluding carboxylic acids is 1. The van der Waals surface area contributed by atoms with Gasteiger partial charge >= 0.3 is 0 Å². The highest BCUT2D eigenvalue weighted by Crippen LogP contribution is 2.38. The van der Waals surface area contributed by atoms with Crippen molar-refractivity contribution in [1.29, 1.82) is 0 Å². The van der Waals surface area contributed by atoms with Crippen LogP contribution < -0.4 is 11.1 Å². The number of nitrogens with two attached hydrogens (primary N) is 1. The van der Waals surface area contributed by atoms with Crippen molar-refractivity contribution >= 4 is 63.0 Å². The number of amides is 1. The molecule has 3 N–H and O–H groups in total. The van der Waals surface area contributed by atoms with Crippen molar-refractivity contribution in [3.8, 4) is 0 Å². The molecule has 1 heterocycles. The van der Waals surface area contributed by atoms with Crippen LogP contribution in [0.1, 0.15) is 10.8 Å².